The Morgan fingerprint density at radius 1 is 1.31 bits per heavy atom. The van der Waals surface area contributed by atoms with Crippen LogP contribution in [0.4, 0.5) is 0 Å². The molecule has 3 unspecified atom stereocenters. The predicted octanol–water partition coefficient (Wildman–Crippen LogP) is 2.88. The van der Waals surface area contributed by atoms with Gasteiger partial charge >= 0.3 is 0 Å². The summed E-state index contributed by atoms with van der Waals surface area (Å²) in [6.07, 6.45) is 3.76. The van der Waals surface area contributed by atoms with Crippen molar-refractivity contribution in [2.24, 2.45) is 10.9 Å². The minimum absolute atomic E-state index is 0.298. The molecule has 5 nitrogen and oxygen atoms in total. The molecular formula is C21H33N3O2. The van der Waals surface area contributed by atoms with E-state index in [0.717, 1.165) is 45.0 Å². The first-order chi connectivity index (χ1) is 12.8. The van der Waals surface area contributed by atoms with Crippen molar-refractivity contribution in [3.8, 4) is 0 Å². The zero-order valence-corrected chi connectivity index (χ0v) is 16.2. The molecule has 0 aliphatic carbocycles. The summed E-state index contributed by atoms with van der Waals surface area (Å²) < 4.78 is 11.3. The van der Waals surface area contributed by atoms with Crippen molar-refractivity contribution in [2.75, 3.05) is 46.5 Å². The van der Waals surface area contributed by atoms with Crippen LogP contribution in [0.1, 0.15) is 37.7 Å². The Morgan fingerprint density at radius 3 is 2.85 bits per heavy atom. The maximum absolute atomic E-state index is 5.73. The number of nitrogens with one attached hydrogen (secondary N) is 1. The predicted molar refractivity (Wildman–Crippen MR) is 106 cm³/mol. The van der Waals surface area contributed by atoms with Gasteiger partial charge in [0.25, 0.3) is 0 Å². The maximum Gasteiger partial charge on any atom is 0.193 e. The van der Waals surface area contributed by atoms with Gasteiger partial charge in [-0.1, -0.05) is 37.3 Å². The van der Waals surface area contributed by atoms with Crippen LogP contribution in [0.25, 0.3) is 0 Å². The molecule has 0 saturated carbocycles. The summed E-state index contributed by atoms with van der Waals surface area (Å²) in [5, 5.41) is 3.45. The fourth-order valence-corrected chi connectivity index (χ4v) is 4.09. The lowest BCUT2D eigenvalue weighted by Gasteiger charge is -2.39. The van der Waals surface area contributed by atoms with Gasteiger partial charge in [0.05, 0.1) is 19.3 Å². The van der Waals surface area contributed by atoms with Crippen molar-refractivity contribution in [2.45, 2.75) is 38.2 Å². The van der Waals surface area contributed by atoms with E-state index < -0.39 is 0 Å². The molecule has 0 amide bonds. The molecule has 26 heavy (non-hydrogen) atoms. The van der Waals surface area contributed by atoms with E-state index in [1.165, 1.54) is 12.0 Å². The highest BCUT2D eigenvalue weighted by Crippen LogP contribution is 2.32. The van der Waals surface area contributed by atoms with Gasteiger partial charge in [0.15, 0.2) is 5.96 Å². The van der Waals surface area contributed by atoms with Crippen molar-refractivity contribution < 1.29 is 9.47 Å². The summed E-state index contributed by atoms with van der Waals surface area (Å²) in [6, 6.07) is 10.9. The van der Waals surface area contributed by atoms with E-state index in [2.05, 4.69) is 52.5 Å². The largest absolute Gasteiger partial charge is 0.377 e. The van der Waals surface area contributed by atoms with Crippen LogP contribution < -0.4 is 5.32 Å². The number of rotatable bonds is 6. The molecule has 0 bridgehead atoms. The van der Waals surface area contributed by atoms with Crippen LogP contribution in [0, 0.1) is 5.92 Å². The maximum atomic E-state index is 5.73. The number of piperidine rings is 1. The van der Waals surface area contributed by atoms with Crippen LogP contribution in [0.2, 0.25) is 0 Å². The van der Waals surface area contributed by atoms with Gasteiger partial charge in [0.2, 0.25) is 0 Å². The number of hydrogen-bond donors (Lipinski definition) is 1. The molecule has 2 aliphatic heterocycles. The van der Waals surface area contributed by atoms with Crippen LogP contribution in [0.15, 0.2) is 35.3 Å². The number of hydrogen-bond acceptors (Lipinski definition) is 3. The molecule has 0 radical (unpaired) electrons. The first-order valence-electron chi connectivity index (χ1n) is 9.98. The Balaban J connectivity index is 1.40. The van der Waals surface area contributed by atoms with Gasteiger partial charge in [0, 0.05) is 33.3 Å². The molecule has 3 rings (SSSR count). The molecule has 1 N–H and O–H groups in total. The van der Waals surface area contributed by atoms with E-state index in [1.54, 1.807) is 0 Å². The molecular weight excluding hydrogens is 326 g/mol. The van der Waals surface area contributed by atoms with E-state index >= 15 is 0 Å². The van der Waals surface area contributed by atoms with E-state index in [0.29, 0.717) is 31.2 Å². The van der Waals surface area contributed by atoms with Gasteiger partial charge in [0.1, 0.15) is 0 Å². The zero-order valence-electron chi connectivity index (χ0n) is 16.2. The lowest BCUT2D eigenvalue weighted by atomic mass is 9.82. The molecule has 1 aromatic rings. The van der Waals surface area contributed by atoms with Gasteiger partial charge in [-0.15, -0.1) is 0 Å². The molecule has 0 aromatic heterocycles. The minimum atomic E-state index is 0.298. The molecule has 3 atom stereocenters. The molecule has 2 heterocycles. The molecule has 144 valence electrons. The molecule has 2 saturated heterocycles. The highest BCUT2D eigenvalue weighted by Gasteiger charge is 2.28. The lowest BCUT2D eigenvalue weighted by Crippen LogP contribution is -2.48. The van der Waals surface area contributed by atoms with Crippen molar-refractivity contribution in [1.82, 2.24) is 10.2 Å². The molecule has 5 heteroatoms. The van der Waals surface area contributed by atoms with Crippen LogP contribution in [-0.4, -0.2) is 63.5 Å². The third-order valence-corrected chi connectivity index (χ3v) is 5.50. The second-order valence-electron chi connectivity index (χ2n) is 7.41. The van der Waals surface area contributed by atoms with Gasteiger partial charge in [-0.05, 0) is 36.7 Å². The van der Waals surface area contributed by atoms with E-state index in [-0.39, 0.29) is 0 Å². The second-order valence-corrected chi connectivity index (χ2v) is 7.41. The topological polar surface area (TPSA) is 46.1 Å². The smallest absolute Gasteiger partial charge is 0.193 e. The fourth-order valence-electron chi connectivity index (χ4n) is 4.09. The molecule has 2 aliphatic rings. The third kappa shape index (κ3) is 5.21. The number of likely N-dealkylation sites (tertiary alicyclic amines) is 1. The molecule has 1 aromatic carbocycles. The van der Waals surface area contributed by atoms with E-state index in [9.17, 15) is 0 Å². The van der Waals surface area contributed by atoms with Crippen molar-refractivity contribution >= 4 is 5.96 Å². The van der Waals surface area contributed by atoms with E-state index in [1.807, 2.05) is 7.05 Å². The van der Waals surface area contributed by atoms with Gasteiger partial charge in [-0.25, -0.2) is 0 Å². The van der Waals surface area contributed by atoms with Gasteiger partial charge < -0.3 is 19.7 Å². The minimum Gasteiger partial charge on any atom is -0.377 e. The van der Waals surface area contributed by atoms with E-state index in [4.69, 9.17) is 9.47 Å². The summed E-state index contributed by atoms with van der Waals surface area (Å²) in [6.45, 7) is 7.50. The monoisotopic (exact) mass is 359 g/mol. The van der Waals surface area contributed by atoms with Gasteiger partial charge in [-0.2, -0.15) is 0 Å². The zero-order chi connectivity index (χ0) is 18.2. The van der Waals surface area contributed by atoms with Crippen LogP contribution in [0.5, 0.6) is 0 Å². The average Bonchev–Trinajstić information content (AvgIpc) is 3.19. The number of ether oxygens (including phenoxy) is 2. The lowest BCUT2D eigenvalue weighted by molar-refractivity contribution is 0.0189. The van der Waals surface area contributed by atoms with Crippen LogP contribution >= 0.6 is 0 Å². The molecule has 2 fully saturated rings. The Morgan fingerprint density at radius 2 is 2.15 bits per heavy atom. The fraction of sp³-hybridized carbons (Fsp3) is 0.667. The van der Waals surface area contributed by atoms with Crippen LogP contribution in [-0.2, 0) is 9.47 Å². The highest BCUT2D eigenvalue weighted by molar-refractivity contribution is 5.80. The third-order valence-electron chi connectivity index (χ3n) is 5.50. The van der Waals surface area contributed by atoms with Crippen molar-refractivity contribution in [1.29, 1.82) is 0 Å². The highest BCUT2D eigenvalue weighted by atomic mass is 16.5. The summed E-state index contributed by atoms with van der Waals surface area (Å²) in [5.41, 5.74) is 1.46. The Hall–Kier alpha value is -1.59. The van der Waals surface area contributed by atoms with Crippen molar-refractivity contribution in [3.05, 3.63) is 35.9 Å². The number of guanidine groups is 1. The average molecular weight is 360 g/mol. The summed E-state index contributed by atoms with van der Waals surface area (Å²) in [5.74, 6) is 2.24. The Bertz CT molecular complexity index is 558. The number of aliphatic imine (C=N–C) groups is 1. The first kappa shape index (κ1) is 19.2. The Kier molecular flexibility index (Phi) is 7.32. The normalized spacial score (nSPS) is 26.9. The Labute approximate surface area is 157 Å². The molecule has 0 spiro atoms. The van der Waals surface area contributed by atoms with Crippen LogP contribution in [0.3, 0.4) is 0 Å². The SMILES string of the molecule is CN=C(NCCOCC1CCCO1)N1CCC(c2ccccc2)C(C)C1. The number of nitrogens with zero attached hydrogens (tertiary/aromatic N) is 2. The standard InChI is InChI=1S/C21H33N3O2/c1-17-15-24(12-10-20(17)18-7-4-3-5-8-18)21(22-2)23-11-14-25-16-19-9-6-13-26-19/h3-5,7-8,17,19-20H,6,9-16H2,1-2H3,(H,22,23). The summed E-state index contributed by atoms with van der Waals surface area (Å²) >= 11 is 0. The first-order valence-corrected chi connectivity index (χ1v) is 9.98. The second kappa shape index (κ2) is 9.93. The summed E-state index contributed by atoms with van der Waals surface area (Å²) in [7, 11) is 1.86. The number of benzene rings is 1. The van der Waals surface area contributed by atoms with Crippen molar-refractivity contribution in [3.63, 3.8) is 0 Å². The summed E-state index contributed by atoms with van der Waals surface area (Å²) in [4.78, 5) is 6.85. The quantitative estimate of drug-likeness (QED) is 0.482. The van der Waals surface area contributed by atoms with Gasteiger partial charge in [-0.3, -0.25) is 4.99 Å².